The fourth-order valence-electron chi connectivity index (χ4n) is 4.45. The fraction of sp³-hybridized carbons (Fsp3) is 0.875. The summed E-state index contributed by atoms with van der Waals surface area (Å²) in [6.07, 6.45) is 34.9. The van der Waals surface area contributed by atoms with Gasteiger partial charge in [-0.2, -0.15) is 0 Å². The van der Waals surface area contributed by atoms with Gasteiger partial charge >= 0.3 is 11.9 Å². The Bertz CT molecular complexity index is 500. The summed E-state index contributed by atoms with van der Waals surface area (Å²) in [7, 11) is 0. The third-order valence-electron chi connectivity index (χ3n) is 6.85. The van der Waals surface area contributed by atoms with Crippen LogP contribution < -0.4 is 0 Å². The monoisotopic (exact) mass is 508 g/mol. The zero-order valence-electron chi connectivity index (χ0n) is 24.2. The first-order valence-electron chi connectivity index (χ1n) is 15.8. The van der Waals surface area contributed by atoms with Gasteiger partial charge in [0, 0.05) is 0 Å². The molecule has 0 atom stereocenters. The molecular formula is C32H60O4. The van der Waals surface area contributed by atoms with E-state index in [9.17, 15) is 9.59 Å². The van der Waals surface area contributed by atoms with Crippen LogP contribution in [0.2, 0.25) is 0 Å². The van der Waals surface area contributed by atoms with Gasteiger partial charge in [0.2, 0.25) is 0 Å². The van der Waals surface area contributed by atoms with Crippen LogP contribution in [0, 0.1) is 0 Å². The maximum Gasteiger partial charge on any atom is 0.355 e. The lowest BCUT2D eigenvalue weighted by molar-refractivity contribution is -0.259. The van der Waals surface area contributed by atoms with E-state index in [4.69, 9.17) is 0 Å². The Hall–Kier alpha value is -1.32. The van der Waals surface area contributed by atoms with Crippen molar-refractivity contribution >= 4 is 11.9 Å². The van der Waals surface area contributed by atoms with Gasteiger partial charge in [0.25, 0.3) is 0 Å². The van der Waals surface area contributed by atoms with Crippen LogP contribution in [0.15, 0.2) is 12.2 Å². The minimum Gasteiger partial charge on any atom is -0.247 e. The molecule has 0 radical (unpaired) electrons. The first-order chi connectivity index (χ1) is 17.7. The van der Waals surface area contributed by atoms with Crippen molar-refractivity contribution in [2.75, 3.05) is 0 Å². The van der Waals surface area contributed by atoms with Gasteiger partial charge in [0.15, 0.2) is 0 Å². The van der Waals surface area contributed by atoms with Crippen molar-refractivity contribution in [2.24, 2.45) is 0 Å². The second-order valence-corrected chi connectivity index (χ2v) is 10.5. The van der Waals surface area contributed by atoms with Crippen molar-refractivity contribution in [1.82, 2.24) is 0 Å². The van der Waals surface area contributed by atoms with Crippen LogP contribution in [0.3, 0.4) is 0 Å². The molecule has 0 aromatic rings. The quantitative estimate of drug-likeness (QED) is 0.0479. The largest absolute Gasteiger partial charge is 0.355 e. The molecule has 0 aliphatic rings. The standard InChI is InChI=1S/C32H60O4/c1-3-5-7-9-11-13-15-16-17-18-20-22-24-26-28-30-32(34)36-35-31(33)29-27-25-23-21-19-14-12-10-8-6-4-2/h16-17H,3-15,18-30H2,1-2H3. The molecule has 0 rings (SSSR count). The molecule has 0 aromatic heterocycles. The molecule has 212 valence electrons. The zero-order valence-corrected chi connectivity index (χ0v) is 24.2. The third kappa shape index (κ3) is 28.9. The van der Waals surface area contributed by atoms with Crippen LogP contribution in [0.25, 0.3) is 0 Å². The predicted molar refractivity (Wildman–Crippen MR) is 153 cm³/mol. The number of hydrogen-bond donors (Lipinski definition) is 0. The Morgan fingerprint density at radius 3 is 1.03 bits per heavy atom. The lowest BCUT2D eigenvalue weighted by atomic mass is 10.1. The molecule has 0 aliphatic heterocycles. The molecule has 0 saturated carbocycles. The maximum absolute atomic E-state index is 11.7. The second-order valence-electron chi connectivity index (χ2n) is 10.5. The van der Waals surface area contributed by atoms with E-state index in [0.29, 0.717) is 12.8 Å². The van der Waals surface area contributed by atoms with Crippen LogP contribution in [0.5, 0.6) is 0 Å². The van der Waals surface area contributed by atoms with Crippen molar-refractivity contribution in [3.63, 3.8) is 0 Å². The number of allylic oxidation sites excluding steroid dienone is 2. The molecule has 0 saturated heterocycles. The molecule has 0 unspecified atom stereocenters. The summed E-state index contributed by atoms with van der Waals surface area (Å²) in [6.45, 7) is 4.51. The van der Waals surface area contributed by atoms with Crippen LogP contribution in [-0.2, 0) is 19.4 Å². The molecule has 0 aromatic carbocycles. The molecule has 0 fully saturated rings. The molecule has 0 spiro atoms. The van der Waals surface area contributed by atoms with E-state index >= 15 is 0 Å². The number of hydrogen-bond acceptors (Lipinski definition) is 4. The number of rotatable bonds is 27. The molecule has 4 nitrogen and oxygen atoms in total. The number of carbonyl (C=O) groups excluding carboxylic acids is 2. The fourth-order valence-corrected chi connectivity index (χ4v) is 4.45. The van der Waals surface area contributed by atoms with Crippen LogP contribution in [0.4, 0.5) is 0 Å². The van der Waals surface area contributed by atoms with E-state index in [0.717, 1.165) is 44.9 Å². The van der Waals surface area contributed by atoms with E-state index in [1.165, 1.54) is 109 Å². The highest BCUT2D eigenvalue weighted by molar-refractivity contribution is 5.72. The van der Waals surface area contributed by atoms with Crippen LogP contribution in [0.1, 0.15) is 181 Å². The smallest absolute Gasteiger partial charge is 0.247 e. The summed E-state index contributed by atoms with van der Waals surface area (Å²) in [5.41, 5.74) is 0. The average molecular weight is 509 g/mol. The first-order valence-corrected chi connectivity index (χ1v) is 15.8. The molecule has 0 N–H and O–H groups in total. The summed E-state index contributed by atoms with van der Waals surface area (Å²) < 4.78 is 0. The molecule has 0 bridgehead atoms. The lowest BCUT2D eigenvalue weighted by Crippen LogP contribution is -2.11. The maximum atomic E-state index is 11.7. The summed E-state index contributed by atoms with van der Waals surface area (Å²) in [6, 6.07) is 0. The van der Waals surface area contributed by atoms with E-state index in [2.05, 4.69) is 35.8 Å². The van der Waals surface area contributed by atoms with Gasteiger partial charge in [0.05, 0.1) is 12.8 Å². The Morgan fingerprint density at radius 2 is 0.694 bits per heavy atom. The summed E-state index contributed by atoms with van der Waals surface area (Å²) >= 11 is 0. The van der Waals surface area contributed by atoms with E-state index in [1.807, 2.05) is 0 Å². The Balaban J connectivity index is 3.33. The topological polar surface area (TPSA) is 52.6 Å². The highest BCUT2D eigenvalue weighted by atomic mass is 17.2. The highest BCUT2D eigenvalue weighted by Crippen LogP contribution is 2.13. The van der Waals surface area contributed by atoms with Crippen LogP contribution in [-0.4, -0.2) is 11.9 Å². The van der Waals surface area contributed by atoms with Crippen molar-refractivity contribution < 1.29 is 19.4 Å². The van der Waals surface area contributed by atoms with Gasteiger partial charge < -0.3 is 0 Å². The van der Waals surface area contributed by atoms with Crippen molar-refractivity contribution in [1.29, 1.82) is 0 Å². The number of carbonyl (C=O) groups is 2. The van der Waals surface area contributed by atoms with Crippen LogP contribution >= 0.6 is 0 Å². The number of unbranched alkanes of at least 4 members (excludes halogenated alkanes) is 21. The summed E-state index contributed by atoms with van der Waals surface area (Å²) in [4.78, 5) is 32.8. The molecule has 0 aliphatic carbocycles. The third-order valence-corrected chi connectivity index (χ3v) is 6.85. The average Bonchev–Trinajstić information content (AvgIpc) is 2.88. The molecule has 4 heteroatoms. The van der Waals surface area contributed by atoms with Gasteiger partial charge in [-0.3, -0.25) is 0 Å². The van der Waals surface area contributed by atoms with Gasteiger partial charge in [-0.15, -0.1) is 0 Å². The van der Waals surface area contributed by atoms with E-state index < -0.39 is 11.9 Å². The van der Waals surface area contributed by atoms with Crippen molar-refractivity contribution in [3.8, 4) is 0 Å². The molecular weight excluding hydrogens is 448 g/mol. The lowest BCUT2D eigenvalue weighted by Gasteiger charge is -2.04. The zero-order chi connectivity index (χ0) is 26.4. The predicted octanol–water partition coefficient (Wildman–Crippen LogP) is 10.7. The second kappa shape index (κ2) is 29.9. The minimum atomic E-state index is -0.431. The minimum absolute atomic E-state index is 0.323. The van der Waals surface area contributed by atoms with Gasteiger partial charge in [-0.25, -0.2) is 19.4 Å². The summed E-state index contributed by atoms with van der Waals surface area (Å²) in [5, 5.41) is 0. The summed E-state index contributed by atoms with van der Waals surface area (Å²) in [5.74, 6) is -0.858. The molecule has 36 heavy (non-hydrogen) atoms. The van der Waals surface area contributed by atoms with Gasteiger partial charge in [-0.1, -0.05) is 142 Å². The molecule has 0 heterocycles. The Labute approximate surface area is 224 Å². The Morgan fingerprint density at radius 1 is 0.417 bits per heavy atom. The highest BCUT2D eigenvalue weighted by Gasteiger charge is 2.09. The van der Waals surface area contributed by atoms with Crippen molar-refractivity contribution in [3.05, 3.63) is 12.2 Å². The van der Waals surface area contributed by atoms with Gasteiger partial charge in [-0.05, 0) is 38.5 Å². The van der Waals surface area contributed by atoms with Crippen molar-refractivity contribution in [2.45, 2.75) is 181 Å². The van der Waals surface area contributed by atoms with Gasteiger partial charge in [0.1, 0.15) is 0 Å². The first kappa shape index (κ1) is 34.7. The van der Waals surface area contributed by atoms with E-state index in [-0.39, 0.29) is 0 Å². The van der Waals surface area contributed by atoms with E-state index in [1.54, 1.807) is 0 Å². The normalized spacial score (nSPS) is 11.3. The SMILES string of the molecule is CCCCCCCCC=CCCCCCCCC(=O)OOC(=O)CCCCCCCCCCCCC. The molecule has 0 amide bonds. The Kier molecular flexibility index (Phi) is 28.8.